The van der Waals surface area contributed by atoms with Gasteiger partial charge in [-0.15, -0.1) is 0 Å². The Labute approximate surface area is 304 Å². The highest BCUT2D eigenvalue weighted by Crippen LogP contribution is 2.42. The van der Waals surface area contributed by atoms with Gasteiger partial charge in [-0.3, -0.25) is 23.7 Å². The van der Waals surface area contributed by atoms with Crippen LogP contribution in [0.3, 0.4) is 0 Å². The summed E-state index contributed by atoms with van der Waals surface area (Å²) in [5.41, 5.74) is 5.87. The molecule has 2 aliphatic rings. The predicted molar refractivity (Wildman–Crippen MR) is 196 cm³/mol. The standard InChI is InChI=1S/C38H36Cl2N6O5/c1-51-36-23(18-41-20-25-11-13-33(47)43-25)10-12-30(44-36)29-8-3-7-28(35(29)40)27-6-2-5-26(34(27)39)22-14-16-46-32(17-22)42-19-24(37(46)48)21-45-15-4-9-31(45)38(49)50/h2-3,5-8,10,12,14,16-17,19,25,31,41H,4,9,11,13,15,18,20-21H2,1H3,(H,43,47)(H,49,50)/t25-,31+/m0/s1. The minimum atomic E-state index is -0.873. The van der Waals surface area contributed by atoms with E-state index in [0.717, 1.165) is 46.2 Å². The van der Waals surface area contributed by atoms with Crippen LogP contribution >= 0.6 is 23.2 Å². The molecule has 3 aromatic heterocycles. The molecule has 262 valence electrons. The highest BCUT2D eigenvalue weighted by Gasteiger charge is 2.31. The number of hydrogen-bond acceptors (Lipinski definition) is 8. The van der Waals surface area contributed by atoms with Crippen LogP contribution in [0.15, 0.2) is 77.9 Å². The lowest BCUT2D eigenvalue weighted by molar-refractivity contribution is -0.142. The predicted octanol–water partition coefficient (Wildman–Crippen LogP) is 5.82. The second kappa shape index (κ2) is 14.8. The van der Waals surface area contributed by atoms with Gasteiger partial charge in [0.05, 0.1) is 28.4 Å². The van der Waals surface area contributed by atoms with Crippen LogP contribution in [0.5, 0.6) is 5.88 Å². The van der Waals surface area contributed by atoms with Crippen molar-refractivity contribution in [2.24, 2.45) is 0 Å². The van der Waals surface area contributed by atoms with E-state index < -0.39 is 12.0 Å². The molecule has 2 atom stereocenters. The largest absolute Gasteiger partial charge is 0.481 e. The number of ether oxygens (including phenoxy) is 1. The van der Waals surface area contributed by atoms with Crippen LogP contribution in [0.2, 0.25) is 10.0 Å². The van der Waals surface area contributed by atoms with Crippen LogP contribution < -0.4 is 20.9 Å². The van der Waals surface area contributed by atoms with E-state index in [2.05, 4.69) is 15.6 Å². The zero-order chi connectivity index (χ0) is 35.6. The zero-order valence-corrected chi connectivity index (χ0v) is 29.4. The fourth-order valence-electron chi connectivity index (χ4n) is 6.95. The third kappa shape index (κ3) is 7.07. The molecule has 0 bridgehead atoms. The minimum Gasteiger partial charge on any atom is -0.481 e. The van der Waals surface area contributed by atoms with E-state index in [0.29, 0.717) is 65.3 Å². The number of nitrogens with zero attached hydrogens (tertiary/aromatic N) is 4. The van der Waals surface area contributed by atoms with Crippen molar-refractivity contribution in [1.29, 1.82) is 0 Å². The van der Waals surface area contributed by atoms with Crippen molar-refractivity contribution in [3.05, 3.63) is 105 Å². The van der Waals surface area contributed by atoms with E-state index in [-0.39, 0.29) is 24.1 Å². The van der Waals surface area contributed by atoms with Crippen molar-refractivity contribution in [1.82, 2.24) is 29.9 Å². The Kier molecular flexibility index (Phi) is 10.1. The lowest BCUT2D eigenvalue weighted by Gasteiger charge is -2.20. The number of rotatable bonds is 11. The number of likely N-dealkylation sites (tertiary alicyclic amines) is 1. The van der Waals surface area contributed by atoms with Crippen LogP contribution in [0.4, 0.5) is 0 Å². The average molecular weight is 728 g/mol. The molecule has 2 saturated heterocycles. The number of benzene rings is 2. The number of aliphatic carboxylic acids is 1. The molecule has 0 saturated carbocycles. The molecule has 0 radical (unpaired) electrons. The molecule has 13 heteroatoms. The first kappa shape index (κ1) is 34.6. The van der Waals surface area contributed by atoms with Gasteiger partial charge >= 0.3 is 5.97 Å². The molecule has 5 heterocycles. The number of nitrogens with one attached hydrogen (secondary N) is 2. The molecule has 2 aromatic carbocycles. The van der Waals surface area contributed by atoms with E-state index in [4.69, 9.17) is 32.9 Å². The van der Waals surface area contributed by atoms with Crippen LogP contribution in [0.1, 0.15) is 36.8 Å². The van der Waals surface area contributed by atoms with E-state index in [1.807, 2.05) is 59.5 Å². The van der Waals surface area contributed by atoms with E-state index in [1.165, 1.54) is 10.6 Å². The van der Waals surface area contributed by atoms with Crippen molar-refractivity contribution >= 4 is 40.7 Å². The highest BCUT2D eigenvalue weighted by atomic mass is 35.5. The molecule has 2 aliphatic heterocycles. The van der Waals surface area contributed by atoms with Gasteiger partial charge in [-0.2, -0.15) is 0 Å². The SMILES string of the molecule is COc1nc(-c2cccc(-c3cccc(-c4ccn5c(=O)c(CN6CCC[C@@H]6C(=O)O)cnc5c4)c3Cl)c2Cl)ccc1CNC[C@@H]1CCC(=O)N1. The molecule has 5 aromatic rings. The number of aromatic nitrogens is 3. The zero-order valence-electron chi connectivity index (χ0n) is 27.9. The van der Waals surface area contributed by atoms with Crippen molar-refractivity contribution in [2.75, 3.05) is 20.2 Å². The summed E-state index contributed by atoms with van der Waals surface area (Å²) in [6, 6.07) is 18.4. The molecule has 0 spiro atoms. The Morgan fingerprint density at radius 3 is 2.47 bits per heavy atom. The van der Waals surface area contributed by atoms with Gasteiger partial charge in [-0.05, 0) is 49.6 Å². The van der Waals surface area contributed by atoms with Crippen LogP contribution in [0.25, 0.3) is 39.2 Å². The summed E-state index contributed by atoms with van der Waals surface area (Å²) >= 11 is 14.2. The lowest BCUT2D eigenvalue weighted by Crippen LogP contribution is -2.37. The van der Waals surface area contributed by atoms with Crippen LogP contribution in [-0.4, -0.2) is 68.5 Å². The summed E-state index contributed by atoms with van der Waals surface area (Å²) in [7, 11) is 1.58. The number of carbonyl (C=O) groups excluding carboxylic acids is 1. The van der Waals surface area contributed by atoms with Gasteiger partial charge in [0.25, 0.3) is 5.56 Å². The van der Waals surface area contributed by atoms with Gasteiger partial charge in [0.2, 0.25) is 11.8 Å². The van der Waals surface area contributed by atoms with Crippen LogP contribution in [-0.2, 0) is 22.7 Å². The number of carboxylic acid groups (broad SMARTS) is 1. The molecular formula is C38H36Cl2N6O5. The molecule has 7 rings (SSSR count). The Bertz CT molecular complexity index is 2210. The Morgan fingerprint density at radius 2 is 1.75 bits per heavy atom. The first-order chi connectivity index (χ1) is 24.7. The molecule has 3 N–H and O–H groups in total. The summed E-state index contributed by atoms with van der Waals surface area (Å²) in [5.74, 6) is -0.306. The van der Waals surface area contributed by atoms with E-state index >= 15 is 0 Å². The Balaban J connectivity index is 1.14. The number of hydrogen-bond donors (Lipinski definition) is 3. The number of halogens is 2. The Hall–Kier alpha value is -4.81. The first-order valence-corrected chi connectivity index (χ1v) is 17.6. The monoisotopic (exact) mass is 726 g/mol. The maximum Gasteiger partial charge on any atom is 0.320 e. The second-order valence-corrected chi connectivity index (χ2v) is 13.6. The normalized spacial score (nSPS) is 17.6. The topological polar surface area (TPSA) is 138 Å². The fraction of sp³-hybridized carbons (Fsp3) is 0.289. The molecule has 0 unspecified atom stereocenters. The molecular weight excluding hydrogens is 691 g/mol. The summed E-state index contributed by atoms with van der Waals surface area (Å²) in [6.07, 6.45) is 5.93. The van der Waals surface area contributed by atoms with Crippen molar-refractivity contribution in [2.45, 2.75) is 50.9 Å². The van der Waals surface area contributed by atoms with E-state index in [9.17, 15) is 19.5 Å². The third-order valence-electron chi connectivity index (χ3n) is 9.60. The maximum absolute atomic E-state index is 13.4. The van der Waals surface area contributed by atoms with Gasteiger partial charge in [-0.1, -0.05) is 65.7 Å². The van der Waals surface area contributed by atoms with Gasteiger partial charge in [0.15, 0.2) is 0 Å². The van der Waals surface area contributed by atoms with Crippen molar-refractivity contribution < 1.29 is 19.4 Å². The molecule has 2 fully saturated rings. The maximum atomic E-state index is 13.4. The number of methoxy groups -OCH3 is 1. The lowest BCUT2D eigenvalue weighted by atomic mass is 9.97. The van der Waals surface area contributed by atoms with Crippen molar-refractivity contribution in [3.63, 3.8) is 0 Å². The number of carbonyl (C=O) groups is 2. The van der Waals surface area contributed by atoms with Gasteiger partial charge in [0, 0.05) is 72.3 Å². The smallest absolute Gasteiger partial charge is 0.320 e. The van der Waals surface area contributed by atoms with Gasteiger partial charge < -0.3 is 20.5 Å². The number of carboxylic acids is 1. The number of pyridine rings is 2. The molecule has 51 heavy (non-hydrogen) atoms. The summed E-state index contributed by atoms with van der Waals surface area (Å²) < 4.78 is 7.11. The number of fused-ring (bicyclic) bond motifs is 1. The summed E-state index contributed by atoms with van der Waals surface area (Å²) in [5, 5.41) is 16.9. The quantitative estimate of drug-likeness (QED) is 0.154. The minimum absolute atomic E-state index is 0.0871. The molecule has 0 aliphatic carbocycles. The van der Waals surface area contributed by atoms with Crippen LogP contribution in [0, 0.1) is 0 Å². The third-order valence-corrected chi connectivity index (χ3v) is 10.4. The van der Waals surface area contributed by atoms with E-state index in [1.54, 1.807) is 19.4 Å². The van der Waals surface area contributed by atoms with Crippen molar-refractivity contribution in [3.8, 4) is 39.4 Å². The average Bonchev–Trinajstić information content (AvgIpc) is 3.78. The fourth-order valence-corrected chi connectivity index (χ4v) is 7.61. The molecule has 11 nitrogen and oxygen atoms in total. The highest BCUT2D eigenvalue weighted by molar-refractivity contribution is 6.39. The summed E-state index contributed by atoms with van der Waals surface area (Å²) in [4.78, 5) is 47.7. The van der Waals surface area contributed by atoms with Gasteiger partial charge in [-0.25, -0.2) is 9.97 Å². The van der Waals surface area contributed by atoms with Gasteiger partial charge in [0.1, 0.15) is 11.7 Å². The summed E-state index contributed by atoms with van der Waals surface area (Å²) in [6.45, 7) is 2.05. The number of amides is 1. The molecule has 1 amide bonds. The second-order valence-electron chi connectivity index (χ2n) is 12.8. The Morgan fingerprint density at radius 1 is 1.00 bits per heavy atom. The first-order valence-electron chi connectivity index (χ1n) is 16.8.